The number of nitrogens with zero attached hydrogens (tertiary/aromatic N) is 3. The average molecular weight is 267 g/mol. The molecule has 19 heavy (non-hydrogen) atoms. The Labute approximate surface area is 113 Å². The molecular weight excluding hydrogens is 246 g/mol. The Kier molecular flexibility index (Phi) is 4.55. The van der Waals surface area contributed by atoms with Crippen LogP contribution in [0.25, 0.3) is 0 Å². The minimum absolute atomic E-state index is 0.0253. The maximum absolute atomic E-state index is 10.7. The van der Waals surface area contributed by atoms with Crippen LogP contribution in [0.3, 0.4) is 0 Å². The molecular formula is C13H21N3O3. The third-order valence-corrected chi connectivity index (χ3v) is 3.61. The zero-order valence-corrected chi connectivity index (χ0v) is 11.5. The van der Waals surface area contributed by atoms with Crippen molar-refractivity contribution >= 4 is 5.97 Å². The topological polar surface area (TPSA) is 69.8 Å². The van der Waals surface area contributed by atoms with Gasteiger partial charge in [0.25, 0.3) is 0 Å². The fourth-order valence-corrected chi connectivity index (χ4v) is 2.50. The van der Waals surface area contributed by atoms with Gasteiger partial charge in [-0.3, -0.25) is 4.90 Å². The third kappa shape index (κ3) is 4.04. The maximum atomic E-state index is 10.7. The average Bonchev–Trinajstić information content (AvgIpc) is 2.80. The molecule has 0 amide bonds. The van der Waals surface area contributed by atoms with Gasteiger partial charge in [0.1, 0.15) is 0 Å². The van der Waals surface area contributed by atoms with Crippen molar-refractivity contribution in [1.82, 2.24) is 15.0 Å². The zero-order chi connectivity index (χ0) is 13.8. The third-order valence-electron chi connectivity index (χ3n) is 3.61. The highest BCUT2D eigenvalue weighted by Crippen LogP contribution is 2.17. The number of rotatable bonds is 5. The second-order valence-corrected chi connectivity index (χ2v) is 5.43. The molecule has 106 valence electrons. The van der Waals surface area contributed by atoms with Gasteiger partial charge in [0.15, 0.2) is 11.5 Å². The quantitative estimate of drug-likeness (QED) is 0.863. The first-order chi connectivity index (χ1) is 9.04. The van der Waals surface area contributed by atoms with Crippen LogP contribution >= 0.6 is 0 Å². The van der Waals surface area contributed by atoms with Crippen LogP contribution in [0.2, 0.25) is 0 Å². The number of aromatic nitrogens is 1. The van der Waals surface area contributed by atoms with Crippen LogP contribution in [0.5, 0.6) is 0 Å². The molecule has 0 aromatic carbocycles. The van der Waals surface area contributed by atoms with Crippen molar-refractivity contribution in [3.63, 3.8) is 0 Å². The second-order valence-electron chi connectivity index (χ2n) is 5.43. The molecule has 2 heterocycles. The Morgan fingerprint density at radius 3 is 2.84 bits per heavy atom. The van der Waals surface area contributed by atoms with Crippen molar-refractivity contribution in [2.45, 2.75) is 19.4 Å². The largest absolute Gasteiger partial charge is 0.476 e. The van der Waals surface area contributed by atoms with Crippen molar-refractivity contribution in [2.24, 2.45) is 5.92 Å². The summed E-state index contributed by atoms with van der Waals surface area (Å²) in [5.41, 5.74) is -0.0253. The molecule has 0 atom stereocenters. The summed E-state index contributed by atoms with van der Waals surface area (Å²) in [4.78, 5) is 15.2. The van der Waals surface area contributed by atoms with Gasteiger partial charge in [0.05, 0.1) is 6.54 Å². The molecule has 6 heteroatoms. The van der Waals surface area contributed by atoms with Gasteiger partial charge in [-0.1, -0.05) is 5.16 Å². The van der Waals surface area contributed by atoms with Gasteiger partial charge in [-0.25, -0.2) is 4.79 Å². The zero-order valence-electron chi connectivity index (χ0n) is 11.5. The first kappa shape index (κ1) is 14.0. The van der Waals surface area contributed by atoms with Crippen LogP contribution in [0.15, 0.2) is 10.6 Å². The highest BCUT2D eigenvalue weighted by Gasteiger charge is 2.19. The molecule has 1 aromatic rings. The number of carboxylic acids is 1. The maximum Gasteiger partial charge on any atom is 0.358 e. The molecule has 6 nitrogen and oxygen atoms in total. The summed E-state index contributed by atoms with van der Waals surface area (Å²) in [7, 11) is 4.18. The number of hydrogen-bond acceptors (Lipinski definition) is 5. The number of likely N-dealkylation sites (tertiary alicyclic amines) is 1. The summed E-state index contributed by atoms with van der Waals surface area (Å²) in [6.07, 6.45) is 2.44. The van der Waals surface area contributed by atoms with E-state index in [1.165, 1.54) is 18.9 Å². The molecule has 0 bridgehead atoms. The lowest BCUT2D eigenvalue weighted by Gasteiger charge is -2.31. The molecule has 1 aromatic heterocycles. The number of aromatic carboxylic acids is 1. The standard InChI is InChI=1S/C13H21N3O3/c1-15-5-3-10(4-6-15)8-16(2)9-11-7-12(13(17)18)14-19-11/h7,10H,3-6,8-9H2,1-2H3,(H,17,18). The van der Waals surface area contributed by atoms with Gasteiger partial charge in [-0.15, -0.1) is 0 Å². The molecule has 0 aliphatic carbocycles. The van der Waals surface area contributed by atoms with Gasteiger partial charge in [0.2, 0.25) is 0 Å². The van der Waals surface area contributed by atoms with Crippen molar-refractivity contribution in [2.75, 3.05) is 33.7 Å². The number of hydrogen-bond donors (Lipinski definition) is 1. The molecule has 0 spiro atoms. The second kappa shape index (κ2) is 6.16. The Hall–Kier alpha value is -1.40. The van der Waals surface area contributed by atoms with Crippen LogP contribution in [0, 0.1) is 5.92 Å². The Balaban J connectivity index is 1.80. The molecule has 0 radical (unpaired) electrons. The van der Waals surface area contributed by atoms with E-state index in [2.05, 4.69) is 22.0 Å². The molecule has 1 fully saturated rings. The first-order valence-corrected chi connectivity index (χ1v) is 6.60. The minimum Gasteiger partial charge on any atom is -0.476 e. The summed E-state index contributed by atoms with van der Waals surface area (Å²) in [5.74, 6) is 0.267. The summed E-state index contributed by atoms with van der Waals surface area (Å²) >= 11 is 0. The molecule has 1 saturated heterocycles. The van der Waals surface area contributed by atoms with Crippen molar-refractivity contribution in [1.29, 1.82) is 0 Å². The molecule has 0 saturated carbocycles. The molecule has 1 aliphatic rings. The van der Waals surface area contributed by atoms with E-state index in [0.29, 0.717) is 18.2 Å². The van der Waals surface area contributed by atoms with Gasteiger partial charge in [-0.2, -0.15) is 0 Å². The predicted octanol–water partition coefficient (Wildman–Crippen LogP) is 1.15. The first-order valence-electron chi connectivity index (χ1n) is 6.60. The number of piperidine rings is 1. The smallest absolute Gasteiger partial charge is 0.358 e. The van der Waals surface area contributed by atoms with Crippen LogP contribution < -0.4 is 0 Å². The van der Waals surface area contributed by atoms with E-state index in [9.17, 15) is 4.79 Å². The van der Waals surface area contributed by atoms with Gasteiger partial charge in [0, 0.05) is 12.6 Å². The van der Waals surface area contributed by atoms with Crippen molar-refractivity contribution < 1.29 is 14.4 Å². The van der Waals surface area contributed by atoms with Gasteiger partial charge in [-0.05, 0) is 45.9 Å². The summed E-state index contributed by atoms with van der Waals surface area (Å²) < 4.78 is 5.02. The summed E-state index contributed by atoms with van der Waals surface area (Å²) in [5, 5.41) is 12.3. The molecule has 2 rings (SSSR count). The van der Waals surface area contributed by atoms with Crippen molar-refractivity contribution in [3.05, 3.63) is 17.5 Å². The van der Waals surface area contributed by atoms with Gasteiger partial charge < -0.3 is 14.5 Å². The fraction of sp³-hybridized carbons (Fsp3) is 0.692. The molecule has 1 aliphatic heterocycles. The SMILES string of the molecule is CN1CCC(CN(C)Cc2cc(C(=O)O)no2)CC1. The van der Waals surface area contributed by atoms with Crippen LogP contribution in [-0.2, 0) is 6.54 Å². The van der Waals surface area contributed by atoms with E-state index in [4.69, 9.17) is 9.63 Å². The molecule has 1 N–H and O–H groups in total. The Morgan fingerprint density at radius 1 is 1.58 bits per heavy atom. The summed E-state index contributed by atoms with van der Waals surface area (Å²) in [6.45, 7) is 3.93. The number of carbonyl (C=O) groups is 1. The van der Waals surface area contributed by atoms with Gasteiger partial charge >= 0.3 is 5.97 Å². The highest BCUT2D eigenvalue weighted by atomic mass is 16.5. The highest BCUT2D eigenvalue weighted by molar-refractivity contribution is 5.85. The molecule has 0 unspecified atom stereocenters. The van der Waals surface area contributed by atoms with E-state index >= 15 is 0 Å². The van der Waals surface area contributed by atoms with E-state index in [-0.39, 0.29) is 5.69 Å². The lowest BCUT2D eigenvalue weighted by Crippen LogP contribution is -2.35. The minimum atomic E-state index is -1.05. The monoisotopic (exact) mass is 267 g/mol. The lowest BCUT2D eigenvalue weighted by atomic mass is 9.97. The Morgan fingerprint density at radius 2 is 2.26 bits per heavy atom. The Bertz CT molecular complexity index is 425. The van der Waals surface area contributed by atoms with Crippen LogP contribution in [0.4, 0.5) is 0 Å². The number of carboxylic acid groups (broad SMARTS) is 1. The lowest BCUT2D eigenvalue weighted by molar-refractivity contribution is 0.0685. The van der Waals surface area contributed by atoms with E-state index in [0.717, 1.165) is 19.6 Å². The normalized spacial score (nSPS) is 18.1. The predicted molar refractivity (Wildman–Crippen MR) is 70.0 cm³/mol. The van der Waals surface area contributed by atoms with E-state index < -0.39 is 5.97 Å². The van der Waals surface area contributed by atoms with E-state index in [1.807, 2.05) is 7.05 Å². The summed E-state index contributed by atoms with van der Waals surface area (Å²) in [6, 6.07) is 1.49. The van der Waals surface area contributed by atoms with Crippen molar-refractivity contribution in [3.8, 4) is 0 Å². The van der Waals surface area contributed by atoms with Crippen LogP contribution in [0.1, 0.15) is 29.1 Å². The van der Waals surface area contributed by atoms with Crippen LogP contribution in [-0.4, -0.2) is 59.8 Å². The van der Waals surface area contributed by atoms with E-state index in [1.54, 1.807) is 0 Å². The fourth-order valence-electron chi connectivity index (χ4n) is 2.50.